The van der Waals surface area contributed by atoms with Gasteiger partial charge < -0.3 is 0 Å². The molecule has 0 saturated heterocycles. The Morgan fingerprint density at radius 3 is 1.94 bits per heavy atom. The summed E-state index contributed by atoms with van der Waals surface area (Å²) in [5.74, 6) is 0. The zero-order valence-corrected chi connectivity index (χ0v) is 10.3. The molecule has 2 rings (SSSR count). The number of aryl methyl sites for hydroxylation is 3. The third-order valence-corrected chi connectivity index (χ3v) is 2.63. The Morgan fingerprint density at radius 2 is 1.50 bits per heavy atom. The van der Waals surface area contributed by atoms with Crippen LogP contribution >= 0.6 is 0 Å². The second-order valence-corrected chi connectivity index (χ2v) is 4.43. The summed E-state index contributed by atoms with van der Waals surface area (Å²) in [4.78, 5) is 0. The van der Waals surface area contributed by atoms with Crippen molar-refractivity contribution in [2.24, 2.45) is 0 Å². The van der Waals surface area contributed by atoms with Gasteiger partial charge in [-0.1, -0.05) is 6.07 Å². The summed E-state index contributed by atoms with van der Waals surface area (Å²) in [5.41, 5.74) is 2.24. The highest BCUT2D eigenvalue weighted by Crippen LogP contribution is 2.29. The maximum atomic E-state index is 12.6. The highest BCUT2D eigenvalue weighted by molar-refractivity contribution is 5.40. The molecule has 0 spiro atoms. The van der Waals surface area contributed by atoms with Crippen LogP contribution < -0.4 is 0 Å². The molecule has 2 nitrogen and oxygen atoms in total. The third kappa shape index (κ3) is 2.39. The maximum absolute atomic E-state index is 12.6. The summed E-state index contributed by atoms with van der Waals surface area (Å²) in [6.07, 6.45) is -4.41. The summed E-state index contributed by atoms with van der Waals surface area (Å²) in [7, 11) is 0. The predicted octanol–water partition coefficient (Wildman–Crippen LogP) is 3.82. The molecular weight excluding hydrogens is 241 g/mol. The molecule has 0 N–H and O–H groups in total. The zero-order chi connectivity index (χ0) is 13.5. The van der Waals surface area contributed by atoms with Gasteiger partial charge in [0.2, 0.25) is 0 Å². The van der Waals surface area contributed by atoms with Crippen molar-refractivity contribution in [1.29, 1.82) is 0 Å². The van der Waals surface area contributed by atoms with Gasteiger partial charge in [-0.15, -0.1) is 0 Å². The molecule has 0 aliphatic heterocycles. The SMILES string of the molecule is Cc1cc(C)cc(-n2nc(C(F)(F)F)cc2C)c1. The minimum atomic E-state index is -4.41. The Bertz CT molecular complexity index is 562. The van der Waals surface area contributed by atoms with Gasteiger partial charge in [0.15, 0.2) is 5.69 Å². The first-order valence-corrected chi connectivity index (χ1v) is 5.50. The average Bonchev–Trinajstić information content (AvgIpc) is 2.58. The Labute approximate surface area is 103 Å². The molecule has 96 valence electrons. The van der Waals surface area contributed by atoms with E-state index >= 15 is 0 Å². The molecular formula is C13H13F3N2. The van der Waals surface area contributed by atoms with Gasteiger partial charge in [0.1, 0.15) is 0 Å². The third-order valence-electron chi connectivity index (χ3n) is 2.63. The van der Waals surface area contributed by atoms with Gasteiger partial charge in [-0.3, -0.25) is 0 Å². The molecule has 18 heavy (non-hydrogen) atoms. The van der Waals surface area contributed by atoms with Crippen molar-refractivity contribution in [3.63, 3.8) is 0 Å². The van der Waals surface area contributed by atoms with Gasteiger partial charge in [0.05, 0.1) is 5.69 Å². The summed E-state index contributed by atoms with van der Waals surface area (Å²) in [6.45, 7) is 5.42. The van der Waals surface area contributed by atoms with Crippen molar-refractivity contribution >= 4 is 0 Å². The number of nitrogens with zero attached hydrogens (tertiary/aromatic N) is 2. The quantitative estimate of drug-likeness (QED) is 0.756. The van der Waals surface area contributed by atoms with Crippen LogP contribution in [0.4, 0.5) is 13.2 Å². The minimum Gasteiger partial charge on any atom is -0.237 e. The summed E-state index contributed by atoms with van der Waals surface area (Å²) in [6, 6.07) is 6.64. The number of aromatic nitrogens is 2. The van der Waals surface area contributed by atoms with Gasteiger partial charge in [-0.25, -0.2) is 4.68 Å². The topological polar surface area (TPSA) is 17.8 Å². The van der Waals surface area contributed by atoms with E-state index in [9.17, 15) is 13.2 Å². The summed E-state index contributed by atoms with van der Waals surface area (Å²) >= 11 is 0. The second kappa shape index (κ2) is 4.15. The number of hydrogen-bond donors (Lipinski definition) is 0. The molecule has 0 atom stereocenters. The molecule has 1 aromatic carbocycles. The molecule has 1 aromatic heterocycles. The van der Waals surface area contributed by atoms with E-state index in [4.69, 9.17) is 0 Å². The smallest absolute Gasteiger partial charge is 0.237 e. The van der Waals surface area contributed by atoms with Crippen molar-refractivity contribution in [2.75, 3.05) is 0 Å². The van der Waals surface area contributed by atoms with E-state index in [0.717, 1.165) is 17.2 Å². The minimum absolute atomic E-state index is 0.465. The molecule has 5 heteroatoms. The first-order chi connectivity index (χ1) is 8.27. The fourth-order valence-electron chi connectivity index (χ4n) is 1.95. The lowest BCUT2D eigenvalue weighted by atomic mass is 10.1. The lowest BCUT2D eigenvalue weighted by Gasteiger charge is -2.07. The number of rotatable bonds is 1. The zero-order valence-electron chi connectivity index (χ0n) is 10.3. The lowest BCUT2D eigenvalue weighted by Crippen LogP contribution is -2.07. The van der Waals surface area contributed by atoms with Gasteiger partial charge in [-0.05, 0) is 50.1 Å². The highest BCUT2D eigenvalue weighted by Gasteiger charge is 2.34. The van der Waals surface area contributed by atoms with E-state index in [0.29, 0.717) is 11.4 Å². The Morgan fingerprint density at radius 1 is 0.944 bits per heavy atom. The normalized spacial score (nSPS) is 11.9. The van der Waals surface area contributed by atoms with Crippen LogP contribution in [-0.2, 0) is 6.18 Å². The van der Waals surface area contributed by atoms with Crippen LogP contribution in [0.1, 0.15) is 22.5 Å². The van der Waals surface area contributed by atoms with Crippen molar-refractivity contribution < 1.29 is 13.2 Å². The van der Waals surface area contributed by atoms with Gasteiger partial charge in [0, 0.05) is 5.69 Å². The van der Waals surface area contributed by atoms with Crippen LogP contribution in [0.5, 0.6) is 0 Å². The van der Waals surface area contributed by atoms with Crippen LogP contribution in [0.15, 0.2) is 24.3 Å². The van der Waals surface area contributed by atoms with Gasteiger partial charge >= 0.3 is 6.18 Å². The Balaban J connectivity index is 2.54. The van der Waals surface area contributed by atoms with Gasteiger partial charge in [-0.2, -0.15) is 18.3 Å². The standard InChI is InChI=1S/C13H13F3N2/c1-8-4-9(2)6-11(5-8)18-10(3)7-12(17-18)13(14,15)16/h4-7H,1-3H3. The van der Waals surface area contributed by atoms with E-state index in [1.165, 1.54) is 4.68 Å². The van der Waals surface area contributed by atoms with Gasteiger partial charge in [0.25, 0.3) is 0 Å². The summed E-state index contributed by atoms with van der Waals surface area (Å²) in [5, 5.41) is 3.63. The summed E-state index contributed by atoms with van der Waals surface area (Å²) < 4.78 is 39.1. The molecule has 0 radical (unpaired) electrons. The van der Waals surface area contributed by atoms with E-state index in [-0.39, 0.29) is 0 Å². The molecule has 0 amide bonds. The highest BCUT2D eigenvalue weighted by atomic mass is 19.4. The van der Waals surface area contributed by atoms with Crippen molar-refractivity contribution in [1.82, 2.24) is 9.78 Å². The number of alkyl halides is 3. The molecule has 0 unspecified atom stereocenters. The average molecular weight is 254 g/mol. The van der Waals surface area contributed by atoms with E-state index in [1.54, 1.807) is 6.92 Å². The number of halogens is 3. The predicted molar refractivity (Wildman–Crippen MR) is 62.8 cm³/mol. The van der Waals surface area contributed by atoms with Crippen molar-refractivity contribution in [3.8, 4) is 5.69 Å². The van der Waals surface area contributed by atoms with Crippen LogP contribution in [-0.4, -0.2) is 9.78 Å². The molecule has 1 heterocycles. The molecule has 0 saturated carbocycles. The molecule has 0 aliphatic rings. The van der Waals surface area contributed by atoms with Crippen LogP contribution in [0.25, 0.3) is 5.69 Å². The first-order valence-electron chi connectivity index (χ1n) is 5.50. The van der Waals surface area contributed by atoms with Crippen LogP contribution in [0.2, 0.25) is 0 Å². The monoisotopic (exact) mass is 254 g/mol. The number of benzene rings is 1. The molecule has 2 aromatic rings. The maximum Gasteiger partial charge on any atom is 0.435 e. The molecule has 0 aliphatic carbocycles. The van der Waals surface area contributed by atoms with Crippen LogP contribution in [0, 0.1) is 20.8 Å². The first kappa shape index (κ1) is 12.7. The second-order valence-electron chi connectivity index (χ2n) is 4.43. The van der Waals surface area contributed by atoms with E-state index in [1.807, 2.05) is 32.0 Å². The van der Waals surface area contributed by atoms with Crippen molar-refractivity contribution in [2.45, 2.75) is 26.9 Å². The van der Waals surface area contributed by atoms with E-state index < -0.39 is 11.9 Å². The Kier molecular flexibility index (Phi) is 2.92. The largest absolute Gasteiger partial charge is 0.435 e. The fraction of sp³-hybridized carbons (Fsp3) is 0.308. The van der Waals surface area contributed by atoms with E-state index in [2.05, 4.69) is 5.10 Å². The lowest BCUT2D eigenvalue weighted by molar-refractivity contribution is -0.141. The molecule has 0 bridgehead atoms. The van der Waals surface area contributed by atoms with Crippen LogP contribution in [0.3, 0.4) is 0 Å². The Hall–Kier alpha value is -1.78. The van der Waals surface area contributed by atoms with Crippen molar-refractivity contribution in [3.05, 3.63) is 46.8 Å². The number of hydrogen-bond acceptors (Lipinski definition) is 1. The molecule has 0 fully saturated rings. The fourth-order valence-corrected chi connectivity index (χ4v) is 1.95.